The summed E-state index contributed by atoms with van der Waals surface area (Å²) >= 11 is 0. The van der Waals surface area contributed by atoms with Crippen LogP contribution in [0.3, 0.4) is 0 Å². The Kier molecular flexibility index (Phi) is 6.04. The Labute approximate surface area is 175 Å². The quantitative estimate of drug-likeness (QED) is 0.573. The maximum atomic E-state index is 5.50. The second kappa shape index (κ2) is 9.04. The Balaban J connectivity index is 1.72. The Hall–Kier alpha value is -3.26. The highest BCUT2D eigenvalue weighted by Crippen LogP contribution is 2.36. The zero-order valence-corrected chi connectivity index (χ0v) is 17.5. The lowest BCUT2D eigenvalue weighted by Gasteiger charge is -2.28. The summed E-state index contributed by atoms with van der Waals surface area (Å²) in [5.41, 5.74) is 3.02. The van der Waals surface area contributed by atoms with Crippen molar-refractivity contribution >= 4 is 22.7 Å². The summed E-state index contributed by atoms with van der Waals surface area (Å²) in [6.07, 6.45) is 0. The number of morpholine rings is 1. The van der Waals surface area contributed by atoms with Crippen molar-refractivity contribution in [1.82, 2.24) is 9.97 Å². The van der Waals surface area contributed by atoms with Gasteiger partial charge in [-0.15, -0.1) is 5.11 Å². The summed E-state index contributed by atoms with van der Waals surface area (Å²) in [5.74, 6) is 2.37. The van der Waals surface area contributed by atoms with Crippen molar-refractivity contribution in [2.24, 2.45) is 10.2 Å². The first-order valence-electron chi connectivity index (χ1n) is 9.87. The lowest BCUT2D eigenvalue weighted by molar-refractivity contribution is 0.122. The van der Waals surface area contributed by atoms with E-state index >= 15 is 0 Å². The SMILES string of the molecule is COc1cc2nc(N=NCc3cccc(C)c3)nc(N3CCOCC3)c2cc1OC. The molecule has 8 heteroatoms. The lowest BCUT2D eigenvalue weighted by Crippen LogP contribution is -2.36. The molecule has 0 unspecified atom stereocenters. The number of nitrogens with zero attached hydrogens (tertiary/aromatic N) is 5. The molecule has 0 N–H and O–H groups in total. The maximum absolute atomic E-state index is 5.50. The summed E-state index contributed by atoms with van der Waals surface area (Å²) in [6, 6.07) is 12.0. The number of methoxy groups -OCH3 is 2. The fourth-order valence-corrected chi connectivity index (χ4v) is 3.48. The summed E-state index contributed by atoms with van der Waals surface area (Å²) in [5, 5.41) is 9.51. The van der Waals surface area contributed by atoms with Crippen LogP contribution in [-0.4, -0.2) is 50.5 Å². The third kappa shape index (κ3) is 4.33. The fourth-order valence-electron chi connectivity index (χ4n) is 3.48. The van der Waals surface area contributed by atoms with E-state index in [9.17, 15) is 0 Å². The third-order valence-electron chi connectivity index (χ3n) is 4.98. The average Bonchev–Trinajstić information content (AvgIpc) is 2.78. The fraction of sp³-hybridized carbons (Fsp3) is 0.364. The molecule has 2 aromatic carbocycles. The molecule has 1 aliphatic rings. The van der Waals surface area contributed by atoms with Crippen LogP contribution in [0, 0.1) is 6.92 Å². The van der Waals surface area contributed by atoms with Crippen molar-refractivity contribution < 1.29 is 14.2 Å². The molecule has 1 aromatic heterocycles. The van der Waals surface area contributed by atoms with Gasteiger partial charge in [-0.05, 0) is 18.6 Å². The molecule has 1 saturated heterocycles. The van der Waals surface area contributed by atoms with Crippen LogP contribution < -0.4 is 14.4 Å². The molecule has 1 fully saturated rings. The van der Waals surface area contributed by atoms with Crippen molar-refractivity contribution in [2.75, 3.05) is 45.4 Å². The molecule has 0 aliphatic carbocycles. The molecule has 0 saturated carbocycles. The number of hydrogen-bond acceptors (Lipinski definition) is 8. The number of hydrogen-bond donors (Lipinski definition) is 0. The van der Waals surface area contributed by atoms with Gasteiger partial charge in [0.05, 0.1) is 39.5 Å². The van der Waals surface area contributed by atoms with Crippen LogP contribution in [0.1, 0.15) is 11.1 Å². The van der Waals surface area contributed by atoms with Crippen LogP contribution in [-0.2, 0) is 11.3 Å². The van der Waals surface area contributed by atoms with E-state index in [1.54, 1.807) is 14.2 Å². The molecule has 30 heavy (non-hydrogen) atoms. The van der Waals surface area contributed by atoms with Gasteiger partial charge in [-0.1, -0.05) is 29.8 Å². The first kappa shape index (κ1) is 20.0. The Morgan fingerprint density at radius 3 is 2.53 bits per heavy atom. The molecule has 1 aliphatic heterocycles. The van der Waals surface area contributed by atoms with Crippen molar-refractivity contribution in [3.05, 3.63) is 47.5 Å². The van der Waals surface area contributed by atoms with Crippen molar-refractivity contribution in [3.8, 4) is 11.5 Å². The third-order valence-corrected chi connectivity index (χ3v) is 4.98. The molecular formula is C22H25N5O3. The predicted octanol–water partition coefficient (Wildman–Crippen LogP) is 4.08. The van der Waals surface area contributed by atoms with E-state index in [2.05, 4.69) is 39.2 Å². The van der Waals surface area contributed by atoms with Gasteiger partial charge < -0.3 is 19.1 Å². The van der Waals surface area contributed by atoms with Crippen LogP contribution in [0.25, 0.3) is 10.9 Å². The largest absolute Gasteiger partial charge is 0.493 e. The number of azo groups is 1. The van der Waals surface area contributed by atoms with E-state index in [1.165, 1.54) is 5.56 Å². The van der Waals surface area contributed by atoms with Gasteiger partial charge in [0.2, 0.25) is 0 Å². The summed E-state index contributed by atoms with van der Waals surface area (Å²) in [6.45, 7) is 5.35. The molecule has 0 amide bonds. The number of ether oxygens (including phenoxy) is 3. The van der Waals surface area contributed by atoms with E-state index in [0.717, 1.165) is 35.4 Å². The van der Waals surface area contributed by atoms with Crippen LogP contribution in [0.4, 0.5) is 11.8 Å². The van der Waals surface area contributed by atoms with Gasteiger partial charge in [0, 0.05) is 24.5 Å². The first-order chi connectivity index (χ1) is 14.7. The van der Waals surface area contributed by atoms with Gasteiger partial charge in [0.25, 0.3) is 5.95 Å². The van der Waals surface area contributed by atoms with Gasteiger partial charge in [0.15, 0.2) is 11.5 Å². The van der Waals surface area contributed by atoms with E-state index in [1.807, 2.05) is 24.3 Å². The first-order valence-corrected chi connectivity index (χ1v) is 9.87. The number of fused-ring (bicyclic) bond motifs is 1. The van der Waals surface area contributed by atoms with E-state index in [-0.39, 0.29) is 0 Å². The normalized spacial score (nSPS) is 14.4. The Bertz CT molecular complexity index is 1060. The lowest BCUT2D eigenvalue weighted by atomic mass is 10.1. The number of anilines is 1. The minimum absolute atomic E-state index is 0.323. The molecule has 4 rings (SSSR count). The number of aryl methyl sites for hydroxylation is 1. The number of rotatable bonds is 6. The zero-order chi connectivity index (χ0) is 20.9. The van der Waals surface area contributed by atoms with E-state index < -0.39 is 0 Å². The topological polar surface area (TPSA) is 81.4 Å². The van der Waals surface area contributed by atoms with Gasteiger partial charge >= 0.3 is 0 Å². The monoisotopic (exact) mass is 407 g/mol. The van der Waals surface area contributed by atoms with Gasteiger partial charge in [-0.3, -0.25) is 0 Å². The molecule has 156 valence electrons. The smallest absolute Gasteiger partial charge is 0.270 e. The predicted molar refractivity (Wildman–Crippen MR) is 115 cm³/mol. The molecule has 8 nitrogen and oxygen atoms in total. The summed E-state index contributed by atoms with van der Waals surface area (Å²) < 4.78 is 16.4. The number of benzene rings is 2. The summed E-state index contributed by atoms with van der Waals surface area (Å²) in [7, 11) is 3.23. The Morgan fingerprint density at radius 2 is 1.80 bits per heavy atom. The van der Waals surface area contributed by atoms with Crippen LogP contribution in [0.5, 0.6) is 11.5 Å². The highest BCUT2D eigenvalue weighted by atomic mass is 16.5. The van der Waals surface area contributed by atoms with Crippen LogP contribution in [0.15, 0.2) is 46.6 Å². The Morgan fingerprint density at radius 1 is 1.03 bits per heavy atom. The second-order valence-electron chi connectivity index (χ2n) is 7.06. The molecule has 0 radical (unpaired) electrons. The van der Waals surface area contributed by atoms with Crippen LogP contribution in [0.2, 0.25) is 0 Å². The van der Waals surface area contributed by atoms with E-state index in [4.69, 9.17) is 19.2 Å². The minimum atomic E-state index is 0.323. The molecule has 0 atom stereocenters. The number of aromatic nitrogens is 2. The van der Waals surface area contributed by atoms with Gasteiger partial charge in [-0.2, -0.15) is 10.1 Å². The zero-order valence-electron chi connectivity index (χ0n) is 17.5. The molecule has 2 heterocycles. The van der Waals surface area contributed by atoms with Crippen molar-refractivity contribution in [3.63, 3.8) is 0 Å². The van der Waals surface area contributed by atoms with Crippen LogP contribution >= 0.6 is 0 Å². The molecule has 0 bridgehead atoms. The van der Waals surface area contributed by atoms with E-state index in [0.29, 0.717) is 37.2 Å². The molecular weight excluding hydrogens is 382 g/mol. The standard InChI is InChI=1S/C22H25N5O3/c1-15-5-4-6-16(11-15)14-23-26-22-24-18-13-20(29-3)19(28-2)12-17(18)21(25-22)27-7-9-30-10-8-27/h4-6,11-13H,7-10,14H2,1-3H3. The highest BCUT2D eigenvalue weighted by Gasteiger charge is 2.19. The average molecular weight is 407 g/mol. The van der Waals surface area contributed by atoms with Gasteiger partial charge in [0.1, 0.15) is 5.82 Å². The van der Waals surface area contributed by atoms with Crippen molar-refractivity contribution in [1.29, 1.82) is 0 Å². The molecule has 3 aromatic rings. The molecule has 0 spiro atoms. The maximum Gasteiger partial charge on any atom is 0.270 e. The highest BCUT2D eigenvalue weighted by molar-refractivity contribution is 5.93. The second-order valence-corrected chi connectivity index (χ2v) is 7.06. The summed E-state index contributed by atoms with van der Waals surface area (Å²) in [4.78, 5) is 11.5. The van der Waals surface area contributed by atoms with Crippen molar-refractivity contribution in [2.45, 2.75) is 13.5 Å². The minimum Gasteiger partial charge on any atom is -0.493 e. The van der Waals surface area contributed by atoms with Gasteiger partial charge in [-0.25, -0.2) is 4.98 Å².